The third-order valence-corrected chi connectivity index (χ3v) is 6.12. The SMILES string of the molecule is FC1(F)C(CC2CO2)=C(OC2=C(CC3CO3)C(F)(F)C(F)(F)C(F)(F)C2(F)F)C(F)(F)C(F)(F)C1(F)F. The molecule has 37 heavy (non-hydrogen) atoms. The number of hydrogen-bond donors (Lipinski definition) is 0. The number of alkyl halides is 16. The van der Waals surface area contributed by atoms with E-state index in [1.807, 2.05) is 0 Å². The van der Waals surface area contributed by atoms with Crippen molar-refractivity contribution in [3.63, 3.8) is 0 Å². The van der Waals surface area contributed by atoms with Crippen LogP contribution in [0.1, 0.15) is 12.8 Å². The molecule has 0 aromatic rings. The molecule has 4 rings (SSSR count). The molecule has 3 nitrogen and oxygen atoms in total. The van der Waals surface area contributed by atoms with Gasteiger partial charge in [-0.2, -0.15) is 70.2 Å². The Morgan fingerprint density at radius 3 is 0.973 bits per heavy atom. The molecule has 2 aliphatic carbocycles. The van der Waals surface area contributed by atoms with Crippen LogP contribution < -0.4 is 0 Å². The first kappa shape index (κ1) is 28.1. The van der Waals surface area contributed by atoms with E-state index in [1.54, 1.807) is 0 Å². The maximum absolute atomic E-state index is 14.6. The smallest absolute Gasteiger partial charge is 0.386 e. The van der Waals surface area contributed by atoms with Crippen LogP contribution in [-0.2, 0) is 14.2 Å². The van der Waals surface area contributed by atoms with Gasteiger partial charge in [-0.05, 0) is 0 Å². The van der Waals surface area contributed by atoms with Gasteiger partial charge in [0.1, 0.15) is 0 Å². The summed E-state index contributed by atoms with van der Waals surface area (Å²) in [6.07, 6.45) is -7.06. The van der Waals surface area contributed by atoms with Crippen LogP contribution in [0.4, 0.5) is 70.2 Å². The average Bonchev–Trinajstić information content (AvgIpc) is 3.64. The Labute approximate surface area is 194 Å². The molecule has 2 heterocycles. The molecule has 0 aromatic heterocycles. The van der Waals surface area contributed by atoms with Crippen LogP contribution >= 0.6 is 0 Å². The number of hydrogen-bond acceptors (Lipinski definition) is 3. The standard InChI is InChI=1S/C18H10F16O3/c19-11(20)7(1-5-3-35-5)9(13(23,24)17(31,32)15(11,27)28)37-10-8(2-6-4-36-6)12(21,22)16(29,30)18(33,34)14(10,25)26/h5-6H,1-4H2. The zero-order valence-corrected chi connectivity index (χ0v) is 17.3. The second-order valence-electron chi connectivity index (χ2n) is 8.63. The average molecular weight is 578 g/mol. The molecule has 0 amide bonds. The van der Waals surface area contributed by atoms with E-state index in [9.17, 15) is 70.2 Å². The van der Waals surface area contributed by atoms with Gasteiger partial charge in [0.2, 0.25) is 0 Å². The van der Waals surface area contributed by atoms with E-state index in [-0.39, 0.29) is 0 Å². The van der Waals surface area contributed by atoms with Gasteiger partial charge in [0.25, 0.3) is 0 Å². The van der Waals surface area contributed by atoms with Gasteiger partial charge in [-0.1, -0.05) is 0 Å². The lowest BCUT2D eigenvalue weighted by molar-refractivity contribution is -0.376. The summed E-state index contributed by atoms with van der Waals surface area (Å²) < 4.78 is 239. The molecular formula is C18H10F16O3. The van der Waals surface area contributed by atoms with Crippen molar-refractivity contribution in [1.82, 2.24) is 0 Å². The highest BCUT2D eigenvalue weighted by Gasteiger charge is 2.89. The molecule has 0 saturated carbocycles. The molecule has 0 bridgehead atoms. The van der Waals surface area contributed by atoms with Crippen molar-refractivity contribution < 1.29 is 84.5 Å². The summed E-state index contributed by atoms with van der Waals surface area (Å²) >= 11 is 0. The maximum Gasteiger partial charge on any atom is 0.386 e. The molecule has 2 saturated heterocycles. The minimum atomic E-state index is -7.17. The lowest BCUT2D eigenvalue weighted by Gasteiger charge is -2.46. The second kappa shape index (κ2) is 7.38. The van der Waals surface area contributed by atoms with Gasteiger partial charge in [0, 0.05) is 12.8 Å². The Kier molecular flexibility index (Phi) is 5.61. The third kappa shape index (κ3) is 3.37. The molecular weight excluding hydrogens is 568 g/mol. The predicted octanol–water partition coefficient (Wildman–Crippen LogP) is 6.20. The van der Waals surface area contributed by atoms with Gasteiger partial charge in [-0.15, -0.1) is 0 Å². The minimum Gasteiger partial charge on any atom is -0.452 e. The van der Waals surface area contributed by atoms with Crippen molar-refractivity contribution >= 4 is 0 Å². The lowest BCUT2D eigenvalue weighted by atomic mass is 9.80. The van der Waals surface area contributed by atoms with Gasteiger partial charge in [-0.3, -0.25) is 0 Å². The summed E-state index contributed by atoms with van der Waals surface area (Å²) in [5.41, 5.74) is -5.74. The van der Waals surface area contributed by atoms with Crippen molar-refractivity contribution in [2.24, 2.45) is 0 Å². The fourth-order valence-corrected chi connectivity index (χ4v) is 3.74. The van der Waals surface area contributed by atoms with Crippen LogP contribution in [0, 0.1) is 0 Å². The van der Waals surface area contributed by atoms with E-state index >= 15 is 0 Å². The lowest BCUT2D eigenvalue weighted by Crippen LogP contribution is -2.69. The third-order valence-electron chi connectivity index (χ3n) is 6.12. The molecule has 0 N–H and O–H groups in total. The first-order chi connectivity index (χ1) is 16.4. The highest BCUT2D eigenvalue weighted by Crippen LogP contribution is 2.66. The zero-order chi connectivity index (χ0) is 28.4. The van der Waals surface area contributed by atoms with Crippen molar-refractivity contribution in [2.45, 2.75) is 72.4 Å². The maximum atomic E-state index is 14.6. The summed E-state index contributed by atoms with van der Waals surface area (Å²) in [6, 6.07) is 0. The predicted molar refractivity (Wildman–Crippen MR) is 83.4 cm³/mol. The Balaban J connectivity index is 2.02. The van der Waals surface area contributed by atoms with Crippen LogP contribution in [0.3, 0.4) is 0 Å². The molecule has 19 heteroatoms. The van der Waals surface area contributed by atoms with Crippen LogP contribution in [-0.4, -0.2) is 72.8 Å². The fourth-order valence-electron chi connectivity index (χ4n) is 3.74. The quantitative estimate of drug-likeness (QED) is 0.278. The number of rotatable bonds is 6. The van der Waals surface area contributed by atoms with E-state index in [0.717, 1.165) is 0 Å². The van der Waals surface area contributed by atoms with Crippen LogP contribution in [0.5, 0.6) is 0 Å². The van der Waals surface area contributed by atoms with Crippen molar-refractivity contribution in [3.8, 4) is 0 Å². The van der Waals surface area contributed by atoms with Crippen LogP contribution in [0.2, 0.25) is 0 Å². The molecule has 2 unspecified atom stereocenters. The van der Waals surface area contributed by atoms with Crippen molar-refractivity contribution in [3.05, 3.63) is 22.7 Å². The Morgan fingerprint density at radius 2 is 0.730 bits per heavy atom. The first-order valence-electron chi connectivity index (χ1n) is 9.82. The summed E-state index contributed by atoms with van der Waals surface area (Å²) in [6.45, 7) is -1.27. The van der Waals surface area contributed by atoms with Crippen LogP contribution in [0.25, 0.3) is 0 Å². The molecule has 2 atom stereocenters. The minimum absolute atomic E-state index is 0.633. The number of halogens is 16. The van der Waals surface area contributed by atoms with Crippen molar-refractivity contribution in [2.75, 3.05) is 13.2 Å². The number of ether oxygens (including phenoxy) is 3. The van der Waals surface area contributed by atoms with E-state index in [1.165, 1.54) is 0 Å². The first-order valence-corrected chi connectivity index (χ1v) is 9.82. The van der Waals surface area contributed by atoms with Gasteiger partial charge in [0.15, 0.2) is 11.5 Å². The Morgan fingerprint density at radius 1 is 0.486 bits per heavy atom. The second-order valence-corrected chi connectivity index (χ2v) is 8.63. The number of allylic oxidation sites excluding steroid dienone is 2. The van der Waals surface area contributed by atoms with Crippen LogP contribution in [0.15, 0.2) is 22.7 Å². The molecule has 2 aliphatic heterocycles. The topological polar surface area (TPSA) is 34.3 Å². The molecule has 4 aliphatic rings. The largest absolute Gasteiger partial charge is 0.452 e. The molecule has 212 valence electrons. The van der Waals surface area contributed by atoms with E-state index in [0.29, 0.717) is 0 Å². The van der Waals surface area contributed by atoms with Gasteiger partial charge in [-0.25, -0.2) is 0 Å². The zero-order valence-electron chi connectivity index (χ0n) is 17.3. The summed E-state index contributed by atoms with van der Waals surface area (Å²) in [5.74, 6) is -61.4. The van der Waals surface area contributed by atoms with E-state index in [2.05, 4.69) is 14.2 Å². The highest BCUT2D eigenvalue weighted by atomic mass is 19.4. The van der Waals surface area contributed by atoms with Gasteiger partial charge in [0.05, 0.1) is 36.6 Å². The summed E-state index contributed by atoms with van der Waals surface area (Å²) in [5, 5.41) is 0. The Hall–Kier alpha value is -1.92. The monoisotopic (exact) mass is 578 g/mol. The van der Waals surface area contributed by atoms with Crippen molar-refractivity contribution in [1.29, 1.82) is 0 Å². The van der Waals surface area contributed by atoms with E-state index in [4.69, 9.17) is 0 Å². The van der Waals surface area contributed by atoms with Gasteiger partial charge >= 0.3 is 47.4 Å². The highest BCUT2D eigenvalue weighted by molar-refractivity contribution is 5.42. The molecule has 2 fully saturated rings. The molecule has 0 spiro atoms. The number of epoxide rings is 2. The Bertz CT molecular complexity index is 969. The molecule has 0 radical (unpaired) electrons. The van der Waals surface area contributed by atoms with Gasteiger partial charge < -0.3 is 14.2 Å². The van der Waals surface area contributed by atoms with E-state index < -0.39 is 108 Å². The normalized spacial score (nSPS) is 35.2. The summed E-state index contributed by atoms with van der Waals surface area (Å²) in [7, 11) is 0. The summed E-state index contributed by atoms with van der Waals surface area (Å²) in [4.78, 5) is 0. The fraction of sp³-hybridized carbons (Fsp3) is 0.778. The molecule has 0 aromatic carbocycles.